The summed E-state index contributed by atoms with van der Waals surface area (Å²) in [4.78, 5) is 25.6. The number of hydrogen-bond acceptors (Lipinski definition) is 8. The molecule has 8 nitrogen and oxygen atoms in total. The second-order valence-electron chi connectivity index (χ2n) is 0.894. The van der Waals surface area contributed by atoms with Gasteiger partial charge in [0, 0.05) is 0 Å². The van der Waals surface area contributed by atoms with E-state index in [1.54, 1.807) is 0 Å². The fourth-order valence-corrected chi connectivity index (χ4v) is 0. The summed E-state index contributed by atoms with van der Waals surface area (Å²) in [5, 5.41) is 0. The zero-order chi connectivity index (χ0) is 9.00. The van der Waals surface area contributed by atoms with Crippen molar-refractivity contribution >= 4 is 22.3 Å². The SMILES string of the molecule is O=P([O-])([O-])[O-].O=[As]([O-])([O-])[O-].[Gd+3].[Gd+3]. The Hall–Kier alpha value is 3.00. The Morgan fingerprint density at radius 2 is 0.917 bits per heavy atom. The van der Waals surface area contributed by atoms with Gasteiger partial charge < -0.3 is 19.2 Å². The Bertz CT molecular complexity index is 129. The molecule has 0 spiro atoms. The minimum atomic E-state index is -5.88. The first-order valence-electron chi connectivity index (χ1n) is 1.46. The molecule has 0 aromatic heterocycles. The molecule has 0 aliphatic rings. The smallest absolute Gasteiger partial charge is 3.00 e. The van der Waals surface area contributed by atoms with Gasteiger partial charge in [-0.2, -0.15) is 7.82 Å². The van der Waals surface area contributed by atoms with Crippen molar-refractivity contribution in [2.24, 2.45) is 0 Å². The summed E-state index contributed by atoms with van der Waals surface area (Å²) in [5.74, 6) is 0. The molecule has 12 heteroatoms. The molecule has 0 unspecified atom stereocenters. The molecule has 12 heavy (non-hydrogen) atoms. The Balaban J connectivity index is -0.0000000457. The third-order valence-corrected chi connectivity index (χ3v) is 0. The molecule has 0 bridgehead atoms. The van der Waals surface area contributed by atoms with E-state index < -0.39 is 22.3 Å². The molecule has 0 N–H and O–H groups in total. The second kappa shape index (κ2) is 10.5. The molecular weight excluding hydrogens is 548 g/mol. The molecule has 2 radical (unpaired) electrons. The van der Waals surface area contributed by atoms with Crippen LogP contribution in [-0.2, 0) is 8.30 Å². The van der Waals surface area contributed by atoms with Gasteiger partial charge in [-0.3, -0.25) is 0 Å². The van der Waals surface area contributed by atoms with Crippen molar-refractivity contribution in [3.8, 4) is 0 Å². The van der Waals surface area contributed by atoms with E-state index in [1.807, 2.05) is 0 Å². The van der Waals surface area contributed by atoms with Crippen LogP contribution < -0.4 is 27.0 Å². The molecule has 74 valence electrons. The Morgan fingerprint density at radius 3 is 0.917 bits per heavy atom. The van der Waals surface area contributed by atoms with E-state index in [9.17, 15) is 0 Å². The van der Waals surface area contributed by atoms with Gasteiger partial charge in [0.15, 0.2) is 0 Å². The summed E-state index contributed by atoms with van der Waals surface area (Å²) in [7, 11) is -5.39. The third kappa shape index (κ3) is 208. The predicted octanol–water partition coefficient (Wildman–Crippen LogP) is -6.89. The van der Waals surface area contributed by atoms with Crippen LogP contribution in [0.1, 0.15) is 0 Å². The maximum atomic E-state index is 8.61. The van der Waals surface area contributed by atoms with Crippen LogP contribution in [0.2, 0.25) is 0 Å². The average molecular weight is 548 g/mol. The second-order valence-corrected chi connectivity index (χ2v) is 3.67. The molecular formula is AsGd2O8P. The Kier molecular flexibility index (Phi) is 21.3. The number of rotatable bonds is 0. The van der Waals surface area contributed by atoms with Gasteiger partial charge in [0.05, 0.1) is 0 Å². The van der Waals surface area contributed by atoms with Crippen LogP contribution in [0, 0.1) is 79.9 Å². The molecule has 0 aromatic rings. The molecule has 0 rings (SSSR count). The normalized spacial score (nSPS) is 9.83. The first-order valence-corrected chi connectivity index (χ1v) is 5.99. The van der Waals surface area contributed by atoms with Crippen LogP contribution in [0.15, 0.2) is 0 Å². The van der Waals surface area contributed by atoms with Crippen molar-refractivity contribution < 1.29 is 115 Å². The quantitative estimate of drug-likeness (QED) is 0.212. The maximum Gasteiger partial charge on any atom is 3.00 e. The van der Waals surface area contributed by atoms with E-state index in [0.29, 0.717) is 0 Å². The van der Waals surface area contributed by atoms with Crippen molar-refractivity contribution in [1.82, 2.24) is 0 Å². The first kappa shape index (κ1) is 24.3. The molecule has 0 atom stereocenters. The van der Waals surface area contributed by atoms with Crippen LogP contribution in [0.4, 0.5) is 0 Å². The van der Waals surface area contributed by atoms with Crippen molar-refractivity contribution in [3.05, 3.63) is 0 Å². The third-order valence-electron chi connectivity index (χ3n) is 0. The summed E-state index contributed by atoms with van der Waals surface area (Å²) >= 11 is -5.88. The standard InChI is InChI=1S/AsH3O4.2Gd.H3O4P/c2-1(3,4)5;;;1-5(2,3)4/h(H3,2,3,4,5);;;(H3,1,2,3,4)/q;2*+3;/p-6. The Morgan fingerprint density at radius 1 is 0.917 bits per heavy atom. The van der Waals surface area contributed by atoms with Crippen molar-refractivity contribution in [3.63, 3.8) is 0 Å². The van der Waals surface area contributed by atoms with Crippen LogP contribution in [-0.4, -0.2) is 14.5 Å². The number of phosphoric acid groups is 1. The fourth-order valence-electron chi connectivity index (χ4n) is 0. The van der Waals surface area contributed by atoms with Gasteiger partial charge in [0.2, 0.25) is 0 Å². The minimum absolute atomic E-state index is 0. The molecule has 0 aliphatic carbocycles. The van der Waals surface area contributed by atoms with Crippen LogP contribution >= 0.6 is 7.82 Å². The van der Waals surface area contributed by atoms with E-state index in [4.69, 9.17) is 35.3 Å². The monoisotopic (exact) mass is 550 g/mol. The zero-order valence-electron chi connectivity index (χ0n) is 4.87. The Labute approximate surface area is 135 Å². The van der Waals surface area contributed by atoms with Gasteiger partial charge in [0.25, 0.3) is 0 Å². The van der Waals surface area contributed by atoms with E-state index in [1.165, 1.54) is 0 Å². The van der Waals surface area contributed by atoms with Crippen LogP contribution in [0.5, 0.6) is 0 Å². The molecule has 0 saturated carbocycles. The van der Waals surface area contributed by atoms with Gasteiger partial charge in [0.1, 0.15) is 0 Å². The van der Waals surface area contributed by atoms with Gasteiger partial charge in [-0.15, -0.1) is 0 Å². The van der Waals surface area contributed by atoms with Crippen LogP contribution in [0.3, 0.4) is 0 Å². The average Bonchev–Trinajstić information content (AvgIpc) is 1.12. The molecule has 0 amide bonds. The summed E-state index contributed by atoms with van der Waals surface area (Å²) in [5.41, 5.74) is 0. The summed E-state index contributed by atoms with van der Waals surface area (Å²) in [6.45, 7) is 0. The minimum Gasteiger partial charge on any atom is 3.00 e. The summed E-state index contributed by atoms with van der Waals surface area (Å²) in [6.07, 6.45) is 0. The zero-order valence-corrected chi connectivity index (χ0v) is 12.2. The van der Waals surface area contributed by atoms with Gasteiger partial charge >= 0.3 is 110 Å². The summed E-state index contributed by atoms with van der Waals surface area (Å²) in [6, 6.07) is 0. The molecule has 0 fully saturated rings. The predicted molar refractivity (Wildman–Crippen MR) is 14.0 cm³/mol. The fraction of sp³-hybridized carbons (Fsp3) is 0. The molecule has 0 saturated heterocycles. The summed E-state index contributed by atoms with van der Waals surface area (Å²) < 4.78 is 43.0. The van der Waals surface area contributed by atoms with Crippen molar-refractivity contribution in [2.45, 2.75) is 0 Å². The van der Waals surface area contributed by atoms with E-state index in [0.717, 1.165) is 0 Å². The van der Waals surface area contributed by atoms with Gasteiger partial charge in [-0.1, -0.05) is 0 Å². The van der Waals surface area contributed by atoms with Gasteiger partial charge in [-0.05, 0) is 0 Å². The molecule has 0 heterocycles. The van der Waals surface area contributed by atoms with Crippen molar-refractivity contribution in [1.29, 1.82) is 0 Å². The van der Waals surface area contributed by atoms with E-state index in [-0.39, 0.29) is 79.9 Å². The van der Waals surface area contributed by atoms with E-state index >= 15 is 0 Å². The first-order chi connectivity index (χ1) is 4.00. The molecule has 0 aliphatic heterocycles. The number of hydrogen-bond donors (Lipinski definition) is 0. The molecule has 0 aromatic carbocycles. The largest absolute Gasteiger partial charge is 3.00 e. The van der Waals surface area contributed by atoms with Crippen molar-refractivity contribution in [2.75, 3.05) is 0 Å². The maximum absolute atomic E-state index is 8.61. The van der Waals surface area contributed by atoms with E-state index in [2.05, 4.69) is 0 Å². The van der Waals surface area contributed by atoms with Crippen LogP contribution in [0.25, 0.3) is 0 Å². The van der Waals surface area contributed by atoms with Gasteiger partial charge in [-0.25, -0.2) is 0 Å². The topological polar surface area (TPSA) is 172 Å².